The van der Waals surface area contributed by atoms with Crippen molar-refractivity contribution in [2.45, 2.75) is 18.9 Å². The summed E-state index contributed by atoms with van der Waals surface area (Å²) < 4.78 is 1.16. The molecule has 0 aromatic rings. The molecule has 1 saturated heterocycles. The molecule has 0 aromatic carbocycles. The van der Waals surface area contributed by atoms with E-state index in [-0.39, 0.29) is 0 Å². The number of nitrogens with zero attached hydrogens (tertiary/aromatic N) is 1. The molecule has 0 bridgehead atoms. The summed E-state index contributed by atoms with van der Waals surface area (Å²) in [5, 5.41) is 0. The predicted molar refractivity (Wildman–Crippen MR) is 47.7 cm³/mol. The Kier molecular flexibility index (Phi) is 3.21. The van der Waals surface area contributed by atoms with Crippen LogP contribution >= 0.6 is 22.6 Å². The molecule has 2 N–H and O–H groups in total. The molecule has 3 heteroatoms. The molecule has 0 radical (unpaired) electrons. The monoisotopic (exact) mass is 240 g/mol. The first-order chi connectivity index (χ1) is 4.33. The molecule has 1 aliphatic rings. The van der Waals surface area contributed by atoms with Gasteiger partial charge in [0, 0.05) is 19.1 Å². The number of likely N-dealkylation sites (tertiary alicyclic amines) is 1. The minimum absolute atomic E-state index is 0.476. The van der Waals surface area contributed by atoms with E-state index in [9.17, 15) is 0 Å². The number of piperidine rings is 1. The summed E-state index contributed by atoms with van der Waals surface area (Å²) in [4.78, 5) is 2.43. The molecule has 1 rings (SSSR count). The summed E-state index contributed by atoms with van der Waals surface area (Å²) in [6.07, 6.45) is 2.37. The van der Waals surface area contributed by atoms with Crippen LogP contribution in [0.1, 0.15) is 12.8 Å². The Balaban J connectivity index is 2.18. The lowest BCUT2D eigenvalue weighted by atomic mass is 10.1. The van der Waals surface area contributed by atoms with Gasteiger partial charge in [-0.1, -0.05) is 22.6 Å². The fourth-order valence-corrected chi connectivity index (χ4v) is 1.75. The number of halogens is 1. The number of rotatable bonds is 1. The van der Waals surface area contributed by atoms with Gasteiger partial charge >= 0.3 is 0 Å². The second-order valence-electron chi connectivity index (χ2n) is 2.57. The number of alkyl halides is 1. The molecule has 0 unspecified atom stereocenters. The quantitative estimate of drug-likeness (QED) is 0.417. The van der Waals surface area contributed by atoms with Crippen molar-refractivity contribution in [3.8, 4) is 0 Å². The Morgan fingerprint density at radius 2 is 2.00 bits per heavy atom. The second-order valence-corrected chi connectivity index (χ2v) is 3.26. The molecule has 0 aromatic heterocycles. The second kappa shape index (κ2) is 3.73. The molecule has 9 heavy (non-hydrogen) atoms. The van der Waals surface area contributed by atoms with Crippen LogP contribution in [0.25, 0.3) is 0 Å². The molecular formula is C6H13IN2. The van der Waals surface area contributed by atoms with Crippen molar-refractivity contribution in [2.75, 3.05) is 17.6 Å². The van der Waals surface area contributed by atoms with Crippen molar-refractivity contribution in [3.63, 3.8) is 0 Å². The van der Waals surface area contributed by atoms with Gasteiger partial charge in [0.1, 0.15) is 0 Å². The van der Waals surface area contributed by atoms with E-state index in [1.54, 1.807) is 0 Å². The maximum atomic E-state index is 5.72. The standard InChI is InChI=1S/C6H13IN2/c7-5-9-3-1-6(8)2-4-9/h6H,1-5,8H2. The molecule has 0 spiro atoms. The lowest BCUT2D eigenvalue weighted by molar-refractivity contribution is 0.251. The minimum Gasteiger partial charge on any atom is -0.328 e. The van der Waals surface area contributed by atoms with E-state index in [0.717, 1.165) is 4.55 Å². The smallest absolute Gasteiger partial charge is 0.0505 e. The molecule has 0 aliphatic carbocycles. The van der Waals surface area contributed by atoms with Crippen LogP contribution in [-0.4, -0.2) is 28.6 Å². The van der Waals surface area contributed by atoms with Gasteiger partial charge in [-0.3, -0.25) is 4.90 Å². The highest BCUT2D eigenvalue weighted by Crippen LogP contribution is 2.08. The van der Waals surface area contributed by atoms with Gasteiger partial charge in [-0.2, -0.15) is 0 Å². The fourth-order valence-electron chi connectivity index (χ4n) is 1.07. The minimum atomic E-state index is 0.476. The van der Waals surface area contributed by atoms with E-state index in [4.69, 9.17) is 5.73 Å². The zero-order chi connectivity index (χ0) is 6.69. The van der Waals surface area contributed by atoms with Crippen molar-refractivity contribution in [1.29, 1.82) is 0 Å². The van der Waals surface area contributed by atoms with Gasteiger partial charge in [0.15, 0.2) is 0 Å². The summed E-state index contributed by atoms with van der Waals surface area (Å²) >= 11 is 2.40. The number of hydrogen-bond donors (Lipinski definition) is 1. The SMILES string of the molecule is NC1CCN(CI)CC1. The third-order valence-electron chi connectivity index (χ3n) is 1.80. The van der Waals surface area contributed by atoms with Crippen LogP contribution in [0.4, 0.5) is 0 Å². The summed E-state index contributed by atoms with van der Waals surface area (Å²) in [6.45, 7) is 2.40. The predicted octanol–water partition coefficient (Wildman–Crippen LogP) is 0.802. The van der Waals surface area contributed by atoms with Crippen molar-refractivity contribution >= 4 is 22.6 Å². The molecular weight excluding hydrogens is 227 g/mol. The van der Waals surface area contributed by atoms with Gasteiger partial charge in [-0.05, 0) is 12.8 Å². The highest BCUT2D eigenvalue weighted by Gasteiger charge is 2.13. The molecule has 0 atom stereocenters. The van der Waals surface area contributed by atoms with E-state index in [1.807, 2.05) is 0 Å². The molecule has 54 valence electrons. The normalized spacial score (nSPS) is 24.7. The zero-order valence-electron chi connectivity index (χ0n) is 5.52. The molecule has 1 fully saturated rings. The van der Waals surface area contributed by atoms with Gasteiger partial charge in [0.25, 0.3) is 0 Å². The first-order valence-electron chi connectivity index (χ1n) is 3.37. The molecule has 0 saturated carbocycles. The van der Waals surface area contributed by atoms with Crippen molar-refractivity contribution < 1.29 is 0 Å². The third kappa shape index (κ3) is 2.39. The van der Waals surface area contributed by atoms with Crippen molar-refractivity contribution in [1.82, 2.24) is 4.90 Å². The Labute approximate surface area is 69.9 Å². The molecule has 1 heterocycles. The zero-order valence-corrected chi connectivity index (χ0v) is 7.67. The topological polar surface area (TPSA) is 29.3 Å². The van der Waals surface area contributed by atoms with Gasteiger partial charge in [0.2, 0.25) is 0 Å². The Hall–Kier alpha value is 0.650. The van der Waals surface area contributed by atoms with Gasteiger partial charge in [-0.15, -0.1) is 0 Å². The summed E-state index contributed by atoms with van der Waals surface area (Å²) in [7, 11) is 0. The Morgan fingerprint density at radius 1 is 1.44 bits per heavy atom. The van der Waals surface area contributed by atoms with Crippen LogP contribution in [0.5, 0.6) is 0 Å². The van der Waals surface area contributed by atoms with E-state index >= 15 is 0 Å². The maximum Gasteiger partial charge on any atom is 0.0505 e. The van der Waals surface area contributed by atoms with E-state index in [1.165, 1.54) is 25.9 Å². The van der Waals surface area contributed by atoms with Crippen LogP contribution in [-0.2, 0) is 0 Å². The van der Waals surface area contributed by atoms with E-state index in [2.05, 4.69) is 27.5 Å². The van der Waals surface area contributed by atoms with Crippen LogP contribution in [0.2, 0.25) is 0 Å². The Morgan fingerprint density at radius 3 is 2.44 bits per heavy atom. The van der Waals surface area contributed by atoms with Crippen LogP contribution in [0, 0.1) is 0 Å². The van der Waals surface area contributed by atoms with E-state index < -0.39 is 0 Å². The van der Waals surface area contributed by atoms with Crippen LogP contribution in [0.3, 0.4) is 0 Å². The third-order valence-corrected chi connectivity index (χ3v) is 2.77. The first kappa shape index (κ1) is 7.75. The highest BCUT2D eigenvalue weighted by atomic mass is 127. The summed E-state index contributed by atoms with van der Waals surface area (Å²) in [5.41, 5.74) is 5.72. The van der Waals surface area contributed by atoms with Crippen molar-refractivity contribution in [3.05, 3.63) is 0 Å². The lowest BCUT2D eigenvalue weighted by Crippen LogP contribution is -2.38. The number of nitrogens with two attached hydrogens (primary N) is 1. The van der Waals surface area contributed by atoms with Gasteiger partial charge in [-0.25, -0.2) is 0 Å². The van der Waals surface area contributed by atoms with Crippen LogP contribution < -0.4 is 5.73 Å². The lowest BCUT2D eigenvalue weighted by Gasteiger charge is -2.27. The summed E-state index contributed by atoms with van der Waals surface area (Å²) in [6, 6.07) is 0.476. The summed E-state index contributed by atoms with van der Waals surface area (Å²) in [5.74, 6) is 0. The van der Waals surface area contributed by atoms with Crippen LogP contribution in [0.15, 0.2) is 0 Å². The molecule has 1 aliphatic heterocycles. The Bertz CT molecular complexity index is 79.1. The van der Waals surface area contributed by atoms with Gasteiger partial charge < -0.3 is 5.73 Å². The fraction of sp³-hybridized carbons (Fsp3) is 1.00. The first-order valence-corrected chi connectivity index (χ1v) is 4.89. The molecule has 2 nitrogen and oxygen atoms in total. The molecule has 0 amide bonds. The van der Waals surface area contributed by atoms with Crippen molar-refractivity contribution in [2.24, 2.45) is 5.73 Å². The largest absolute Gasteiger partial charge is 0.328 e. The average Bonchev–Trinajstić information content (AvgIpc) is 1.90. The highest BCUT2D eigenvalue weighted by molar-refractivity contribution is 14.1. The average molecular weight is 240 g/mol. The van der Waals surface area contributed by atoms with E-state index in [0.29, 0.717) is 6.04 Å². The maximum absolute atomic E-state index is 5.72. The number of hydrogen-bond acceptors (Lipinski definition) is 2. The van der Waals surface area contributed by atoms with Gasteiger partial charge in [0.05, 0.1) is 4.55 Å².